The van der Waals surface area contributed by atoms with E-state index in [1.165, 1.54) is 38.5 Å². The lowest BCUT2D eigenvalue weighted by Gasteiger charge is -2.61. The Kier molecular flexibility index (Phi) is 4.89. The molecule has 0 heterocycles. The molecular formula is C23H37FO2. The summed E-state index contributed by atoms with van der Waals surface area (Å²) < 4.78 is 14.7. The minimum absolute atomic E-state index is 0.239. The number of carbonyl (C=O) groups is 1. The van der Waals surface area contributed by atoms with Gasteiger partial charge in [-0.3, -0.25) is 4.79 Å². The first-order valence-corrected chi connectivity index (χ1v) is 11.2. The number of aliphatic carboxylic acids is 1. The minimum atomic E-state index is -0.655. The van der Waals surface area contributed by atoms with E-state index in [0.717, 1.165) is 49.9 Å². The fourth-order valence-corrected chi connectivity index (χ4v) is 8.41. The van der Waals surface area contributed by atoms with Gasteiger partial charge in [0, 0.05) is 6.42 Å². The van der Waals surface area contributed by atoms with E-state index in [0.29, 0.717) is 23.7 Å². The minimum Gasteiger partial charge on any atom is -0.481 e. The van der Waals surface area contributed by atoms with Crippen LogP contribution < -0.4 is 0 Å². The first kappa shape index (κ1) is 18.7. The smallest absolute Gasteiger partial charge is 0.303 e. The SMILES string of the molecule is CC12CCC3C(CCC4C(F)CCCC43C)C1CCC2CCCC(=O)O. The number of carboxylic acid groups (broad SMARTS) is 1. The molecule has 0 bridgehead atoms. The van der Waals surface area contributed by atoms with Crippen molar-refractivity contribution in [3.63, 3.8) is 0 Å². The summed E-state index contributed by atoms with van der Waals surface area (Å²) in [5, 5.41) is 8.97. The standard InChI is InChI=1S/C23H37FO2/c1-22-14-12-18-16(9-11-19-20(24)6-4-13-23(18,19)2)17(22)10-8-15(22)5-3-7-21(25)26/h15-20H,3-14H2,1-2H3,(H,25,26). The van der Waals surface area contributed by atoms with Crippen LogP contribution in [0.1, 0.15) is 90.9 Å². The fourth-order valence-electron chi connectivity index (χ4n) is 8.41. The molecular weight excluding hydrogens is 327 g/mol. The molecule has 8 atom stereocenters. The molecule has 4 fully saturated rings. The summed E-state index contributed by atoms with van der Waals surface area (Å²) in [5.74, 6) is 2.69. The average Bonchev–Trinajstić information content (AvgIpc) is 2.91. The van der Waals surface area contributed by atoms with Gasteiger partial charge in [0.15, 0.2) is 0 Å². The maximum absolute atomic E-state index is 14.7. The van der Waals surface area contributed by atoms with E-state index in [1.54, 1.807) is 0 Å². The Morgan fingerprint density at radius 1 is 0.962 bits per heavy atom. The van der Waals surface area contributed by atoms with Gasteiger partial charge in [0.25, 0.3) is 0 Å². The van der Waals surface area contributed by atoms with Crippen LogP contribution in [0.4, 0.5) is 4.39 Å². The van der Waals surface area contributed by atoms with Crippen molar-refractivity contribution in [2.45, 2.75) is 97.1 Å². The number of alkyl halides is 1. The average molecular weight is 365 g/mol. The van der Waals surface area contributed by atoms with Crippen LogP contribution in [0, 0.1) is 40.4 Å². The molecule has 4 aliphatic carbocycles. The van der Waals surface area contributed by atoms with Gasteiger partial charge in [0.1, 0.15) is 6.17 Å². The predicted molar refractivity (Wildman–Crippen MR) is 102 cm³/mol. The number of carboxylic acids is 1. The second-order valence-corrected chi connectivity index (χ2v) is 10.6. The topological polar surface area (TPSA) is 37.3 Å². The number of rotatable bonds is 4. The van der Waals surface area contributed by atoms with Crippen LogP contribution >= 0.6 is 0 Å². The first-order valence-electron chi connectivity index (χ1n) is 11.2. The summed E-state index contributed by atoms with van der Waals surface area (Å²) in [6.45, 7) is 4.95. The van der Waals surface area contributed by atoms with E-state index in [2.05, 4.69) is 13.8 Å². The molecule has 0 aromatic heterocycles. The molecule has 0 spiro atoms. The maximum Gasteiger partial charge on any atom is 0.303 e. The number of halogens is 1. The van der Waals surface area contributed by atoms with Crippen molar-refractivity contribution < 1.29 is 14.3 Å². The molecule has 8 unspecified atom stereocenters. The van der Waals surface area contributed by atoms with E-state index in [4.69, 9.17) is 5.11 Å². The molecule has 2 nitrogen and oxygen atoms in total. The second kappa shape index (κ2) is 6.78. The molecule has 0 radical (unpaired) electrons. The second-order valence-electron chi connectivity index (χ2n) is 10.6. The van der Waals surface area contributed by atoms with Crippen molar-refractivity contribution in [1.82, 2.24) is 0 Å². The van der Waals surface area contributed by atoms with E-state index in [1.807, 2.05) is 0 Å². The summed E-state index contributed by atoms with van der Waals surface area (Å²) in [6, 6.07) is 0. The highest BCUT2D eigenvalue weighted by Gasteiger charge is 2.60. The normalized spacial score (nSPS) is 50.6. The molecule has 26 heavy (non-hydrogen) atoms. The summed E-state index contributed by atoms with van der Waals surface area (Å²) >= 11 is 0. The molecule has 0 aromatic carbocycles. The summed E-state index contributed by atoms with van der Waals surface area (Å²) in [5.41, 5.74) is 0.649. The van der Waals surface area contributed by atoms with Gasteiger partial charge in [0.05, 0.1) is 0 Å². The van der Waals surface area contributed by atoms with Gasteiger partial charge in [-0.2, -0.15) is 0 Å². The molecule has 0 aliphatic heterocycles. The Bertz CT molecular complexity index is 548. The van der Waals surface area contributed by atoms with Crippen LogP contribution in [-0.4, -0.2) is 17.2 Å². The molecule has 3 heteroatoms. The molecule has 0 amide bonds. The first-order chi connectivity index (χ1) is 12.4. The summed E-state index contributed by atoms with van der Waals surface area (Å²) in [7, 11) is 0. The van der Waals surface area contributed by atoms with Crippen molar-refractivity contribution >= 4 is 5.97 Å². The molecule has 0 aromatic rings. The van der Waals surface area contributed by atoms with Crippen LogP contribution in [0.5, 0.6) is 0 Å². The Labute approximate surface area is 158 Å². The molecule has 0 saturated heterocycles. The number of hydrogen-bond acceptors (Lipinski definition) is 1. The Morgan fingerprint density at radius 3 is 2.46 bits per heavy atom. The van der Waals surface area contributed by atoms with Crippen molar-refractivity contribution in [2.24, 2.45) is 40.4 Å². The Hall–Kier alpha value is -0.600. The van der Waals surface area contributed by atoms with Gasteiger partial charge >= 0.3 is 5.97 Å². The quantitative estimate of drug-likeness (QED) is 0.641. The lowest BCUT2D eigenvalue weighted by atomic mass is 9.44. The Balaban J connectivity index is 1.50. The lowest BCUT2D eigenvalue weighted by molar-refractivity contribution is -0.137. The van der Waals surface area contributed by atoms with Crippen LogP contribution in [0.15, 0.2) is 0 Å². The third-order valence-electron chi connectivity index (χ3n) is 9.71. The largest absolute Gasteiger partial charge is 0.481 e. The molecule has 4 aliphatic rings. The highest BCUT2D eigenvalue weighted by atomic mass is 19.1. The monoisotopic (exact) mass is 364 g/mol. The van der Waals surface area contributed by atoms with Crippen LogP contribution in [0.25, 0.3) is 0 Å². The van der Waals surface area contributed by atoms with E-state index >= 15 is 0 Å². The number of fused-ring (bicyclic) bond motifs is 5. The van der Waals surface area contributed by atoms with Crippen LogP contribution in [0.3, 0.4) is 0 Å². The van der Waals surface area contributed by atoms with E-state index in [9.17, 15) is 9.18 Å². The van der Waals surface area contributed by atoms with Gasteiger partial charge in [0.2, 0.25) is 0 Å². The van der Waals surface area contributed by atoms with Crippen molar-refractivity contribution in [3.8, 4) is 0 Å². The fraction of sp³-hybridized carbons (Fsp3) is 0.957. The number of hydrogen-bond donors (Lipinski definition) is 1. The maximum atomic E-state index is 14.7. The van der Waals surface area contributed by atoms with Crippen molar-refractivity contribution in [2.75, 3.05) is 0 Å². The molecule has 1 N–H and O–H groups in total. The predicted octanol–water partition coefficient (Wildman–Crippen LogP) is 6.24. The van der Waals surface area contributed by atoms with Crippen molar-refractivity contribution in [1.29, 1.82) is 0 Å². The third-order valence-corrected chi connectivity index (χ3v) is 9.71. The highest BCUT2D eigenvalue weighted by Crippen LogP contribution is 2.68. The zero-order valence-electron chi connectivity index (χ0n) is 16.7. The zero-order chi connectivity index (χ0) is 18.5. The summed E-state index contributed by atoms with van der Waals surface area (Å²) in [6.07, 6.45) is 12.3. The lowest BCUT2D eigenvalue weighted by Crippen LogP contribution is -2.54. The van der Waals surface area contributed by atoms with E-state index in [-0.39, 0.29) is 5.41 Å². The summed E-state index contributed by atoms with van der Waals surface area (Å²) in [4.78, 5) is 10.9. The Morgan fingerprint density at radius 2 is 1.69 bits per heavy atom. The van der Waals surface area contributed by atoms with Gasteiger partial charge in [-0.05, 0) is 111 Å². The molecule has 4 saturated carbocycles. The van der Waals surface area contributed by atoms with Gasteiger partial charge in [-0.15, -0.1) is 0 Å². The molecule has 4 rings (SSSR count). The molecule has 148 valence electrons. The highest BCUT2D eigenvalue weighted by molar-refractivity contribution is 5.66. The zero-order valence-corrected chi connectivity index (χ0v) is 16.7. The third kappa shape index (κ3) is 2.83. The van der Waals surface area contributed by atoms with Crippen LogP contribution in [0.2, 0.25) is 0 Å². The van der Waals surface area contributed by atoms with Gasteiger partial charge < -0.3 is 5.11 Å². The van der Waals surface area contributed by atoms with Gasteiger partial charge in [-0.1, -0.05) is 13.8 Å². The van der Waals surface area contributed by atoms with Crippen molar-refractivity contribution in [3.05, 3.63) is 0 Å². The van der Waals surface area contributed by atoms with E-state index < -0.39 is 12.1 Å². The van der Waals surface area contributed by atoms with Crippen LogP contribution in [-0.2, 0) is 4.79 Å². The van der Waals surface area contributed by atoms with Gasteiger partial charge in [-0.25, -0.2) is 4.39 Å².